The van der Waals surface area contributed by atoms with Gasteiger partial charge in [-0.05, 0) is 55.9 Å². The normalized spacial score (nSPS) is 15.0. The van der Waals surface area contributed by atoms with E-state index < -0.39 is 46.6 Å². The van der Waals surface area contributed by atoms with Gasteiger partial charge in [-0.2, -0.15) is 26.3 Å². The molecule has 1 aromatic heterocycles. The van der Waals surface area contributed by atoms with E-state index in [0.717, 1.165) is 31.7 Å². The number of rotatable bonds is 8. The Morgan fingerprint density at radius 3 is 2.45 bits per heavy atom. The average molecular weight is 628 g/mol. The number of nitrogens with one attached hydrogen (secondary N) is 3. The molecule has 1 aliphatic carbocycles. The van der Waals surface area contributed by atoms with Gasteiger partial charge in [-0.25, -0.2) is 9.59 Å². The predicted octanol–water partition coefficient (Wildman–Crippen LogP) is 4.69. The Morgan fingerprint density at radius 2 is 1.77 bits per heavy atom. The summed E-state index contributed by atoms with van der Waals surface area (Å²) in [6, 6.07) is 8.18. The van der Waals surface area contributed by atoms with Crippen LogP contribution in [0.4, 0.5) is 49.2 Å². The molecule has 3 N–H and O–H groups in total. The number of halogens is 6. The highest BCUT2D eigenvalue weighted by Crippen LogP contribution is 2.44. The lowest BCUT2D eigenvalue weighted by Gasteiger charge is -2.35. The minimum absolute atomic E-state index is 0.0266. The van der Waals surface area contributed by atoms with Crippen molar-refractivity contribution < 1.29 is 40.7 Å². The minimum atomic E-state index is -5.47. The van der Waals surface area contributed by atoms with E-state index in [1.54, 1.807) is 19.1 Å². The summed E-state index contributed by atoms with van der Waals surface area (Å²) >= 11 is 0. The number of aromatic nitrogens is 2. The highest BCUT2D eigenvalue weighted by molar-refractivity contribution is 5.91. The molecule has 1 saturated carbocycles. The molecule has 44 heavy (non-hydrogen) atoms. The van der Waals surface area contributed by atoms with Gasteiger partial charge in [0, 0.05) is 25.7 Å². The lowest BCUT2D eigenvalue weighted by atomic mass is 10.1. The molecule has 0 unspecified atom stereocenters. The molecule has 1 aliphatic heterocycles. The van der Waals surface area contributed by atoms with Crippen LogP contribution in [-0.4, -0.2) is 41.1 Å². The number of aromatic amines is 1. The van der Waals surface area contributed by atoms with Crippen molar-refractivity contribution in [3.63, 3.8) is 0 Å². The highest BCUT2D eigenvalue weighted by Gasteiger charge is 2.43. The van der Waals surface area contributed by atoms with E-state index in [1.807, 2.05) is 4.98 Å². The summed E-state index contributed by atoms with van der Waals surface area (Å²) in [5.74, 6) is -2.78. The number of hydrogen-bond acceptors (Lipinski definition) is 8. The molecule has 16 heteroatoms. The van der Waals surface area contributed by atoms with Gasteiger partial charge < -0.3 is 25.1 Å². The van der Waals surface area contributed by atoms with Crippen LogP contribution in [0.2, 0.25) is 0 Å². The quantitative estimate of drug-likeness (QED) is 0.244. The predicted molar refractivity (Wildman–Crippen MR) is 146 cm³/mol. The highest BCUT2D eigenvalue weighted by atomic mass is 19.4. The maximum atomic E-state index is 13.5. The Bertz CT molecular complexity index is 1680. The van der Waals surface area contributed by atoms with E-state index in [4.69, 9.17) is 4.74 Å². The monoisotopic (exact) mass is 627 g/mol. The van der Waals surface area contributed by atoms with Crippen LogP contribution in [-0.2, 0) is 17.5 Å². The summed E-state index contributed by atoms with van der Waals surface area (Å²) in [6.45, 7) is 1.28. The third kappa shape index (κ3) is 6.39. The number of H-pyrrole nitrogens is 1. The molecule has 0 radical (unpaired) electrons. The van der Waals surface area contributed by atoms with Gasteiger partial charge in [-0.15, -0.1) is 0 Å². The van der Waals surface area contributed by atoms with E-state index in [9.17, 15) is 40.7 Å². The molecule has 1 fully saturated rings. The van der Waals surface area contributed by atoms with Gasteiger partial charge >= 0.3 is 24.0 Å². The Hall–Kier alpha value is -4.47. The summed E-state index contributed by atoms with van der Waals surface area (Å²) in [5, 5.41) is 5.67. The number of hydrogen-bond donors (Lipinski definition) is 3. The van der Waals surface area contributed by atoms with Gasteiger partial charge in [0.2, 0.25) is 0 Å². The molecular formula is C28H27F6N5O5. The zero-order valence-electron chi connectivity index (χ0n) is 23.2. The fourth-order valence-electron chi connectivity index (χ4n) is 5.24. The zero-order valence-corrected chi connectivity index (χ0v) is 23.2. The molecule has 0 spiro atoms. The van der Waals surface area contributed by atoms with Crippen LogP contribution in [0.3, 0.4) is 0 Å². The fourth-order valence-corrected chi connectivity index (χ4v) is 5.24. The second-order valence-corrected chi connectivity index (χ2v) is 10.4. The van der Waals surface area contributed by atoms with Gasteiger partial charge in [-0.1, -0.05) is 22.9 Å². The van der Waals surface area contributed by atoms with Gasteiger partial charge in [0.1, 0.15) is 5.75 Å². The van der Waals surface area contributed by atoms with E-state index in [0.29, 0.717) is 17.0 Å². The first-order chi connectivity index (χ1) is 20.7. The lowest BCUT2D eigenvalue weighted by Crippen LogP contribution is -2.46. The molecule has 0 saturated heterocycles. The van der Waals surface area contributed by atoms with Crippen molar-refractivity contribution in [2.75, 3.05) is 23.3 Å². The zero-order chi connectivity index (χ0) is 31.8. The van der Waals surface area contributed by atoms with Crippen molar-refractivity contribution in [2.24, 2.45) is 0 Å². The molecular weight excluding hydrogens is 600 g/mol. The molecule has 2 aliphatic rings. The summed E-state index contributed by atoms with van der Waals surface area (Å²) in [4.78, 5) is 44.8. The van der Waals surface area contributed by atoms with Crippen molar-refractivity contribution in [3.05, 3.63) is 73.9 Å². The maximum Gasteiger partial charge on any atom is 0.493 e. The number of fused-ring (bicyclic) bond motifs is 2. The van der Waals surface area contributed by atoms with Crippen LogP contribution in [0.25, 0.3) is 0 Å². The molecule has 2 aromatic carbocycles. The third-order valence-corrected chi connectivity index (χ3v) is 7.30. The Balaban J connectivity index is 1.53. The Morgan fingerprint density at radius 1 is 1.07 bits per heavy atom. The van der Waals surface area contributed by atoms with Crippen molar-refractivity contribution >= 4 is 28.8 Å². The third-order valence-electron chi connectivity index (χ3n) is 7.30. The first kappa shape index (κ1) is 31.0. The van der Waals surface area contributed by atoms with Crippen LogP contribution >= 0.6 is 0 Å². The number of alkyl halides is 6. The molecule has 0 atom stereocenters. The summed E-state index contributed by atoms with van der Waals surface area (Å²) in [5.41, 5.74) is -2.46. The van der Waals surface area contributed by atoms with Crippen molar-refractivity contribution in [2.45, 2.75) is 57.6 Å². The maximum absolute atomic E-state index is 13.5. The first-order valence-corrected chi connectivity index (χ1v) is 13.6. The smallest absolute Gasteiger partial charge is 0.490 e. The minimum Gasteiger partial charge on any atom is -0.490 e. The van der Waals surface area contributed by atoms with Crippen LogP contribution in [0.15, 0.2) is 46.0 Å². The van der Waals surface area contributed by atoms with Crippen LogP contribution in [0.5, 0.6) is 5.75 Å². The number of ether oxygens (including phenoxy) is 1. The van der Waals surface area contributed by atoms with Crippen LogP contribution in [0.1, 0.15) is 42.4 Å². The molecule has 2 heterocycles. The van der Waals surface area contributed by atoms with Crippen molar-refractivity contribution in [1.82, 2.24) is 15.0 Å². The number of carbonyl (C=O) groups is 1. The molecule has 3 aromatic rings. The Labute approximate surface area is 245 Å². The number of anilines is 4. The summed E-state index contributed by atoms with van der Waals surface area (Å²) in [7, 11) is 0. The van der Waals surface area contributed by atoms with E-state index in [1.165, 1.54) is 23.1 Å². The molecule has 10 nitrogen and oxygen atoms in total. The first-order valence-electron chi connectivity index (χ1n) is 13.6. The summed E-state index contributed by atoms with van der Waals surface area (Å²) in [6.07, 6.45) is -6.51. The van der Waals surface area contributed by atoms with Gasteiger partial charge in [0.05, 0.1) is 23.0 Å². The summed E-state index contributed by atoms with van der Waals surface area (Å²) < 4.78 is 86.0. The molecule has 0 bridgehead atoms. The molecule has 236 valence electrons. The van der Waals surface area contributed by atoms with Crippen LogP contribution in [0, 0.1) is 6.92 Å². The van der Waals surface area contributed by atoms with Gasteiger partial charge in [-0.3, -0.25) is 9.78 Å². The van der Waals surface area contributed by atoms with Gasteiger partial charge in [0.25, 0.3) is 5.56 Å². The van der Waals surface area contributed by atoms with E-state index >= 15 is 0 Å². The van der Waals surface area contributed by atoms with Gasteiger partial charge in [0.15, 0.2) is 11.5 Å². The number of carbonyl (C=O) groups excluding carboxylic acids is 1. The van der Waals surface area contributed by atoms with E-state index in [-0.39, 0.29) is 41.7 Å². The SMILES string of the molecule is Cc1cc2c(cc1OC1CCCC1)N(CCNCc1ccccc1C(F)(F)F)c1c(c(=O)[nH]c(=O)n1OC(=O)C(F)(F)F)N2. The second-order valence-electron chi connectivity index (χ2n) is 10.4. The largest absolute Gasteiger partial charge is 0.493 e. The number of benzene rings is 2. The topological polar surface area (TPSA) is 118 Å². The molecule has 5 rings (SSSR count). The Kier molecular flexibility index (Phi) is 8.38. The average Bonchev–Trinajstić information content (AvgIpc) is 3.46. The van der Waals surface area contributed by atoms with E-state index in [2.05, 4.69) is 15.5 Å². The lowest BCUT2D eigenvalue weighted by molar-refractivity contribution is -0.200. The van der Waals surface area contributed by atoms with Crippen LogP contribution < -0.4 is 36.4 Å². The number of nitrogens with zero attached hydrogens (tertiary/aromatic N) is 2. The van der Waals surface area contributed by atoms with Crippen molar-refractivity contribution in [3.8, 4) is 5.75 Å². The molecule has 0 amide bonds. The second kappa shape index (κ2) is 11.9. The number of aryl methyl sites for hydroxylation is 1. The van der Waals surface area contributed by atoms with Crippen molar-refractivity contribution in [1.29, 1.82) is 0 Å². The standard InChI is InChI=1S/C28H27F6N5O5/c1-15-12-19-20(13-21(15)43-17-7-3-4-8-17)38(11-10-35-14-16-6-2-5-9-18(16)27(29,30)31)24-22(36-19)23(40)37-26(42)39(24)44-25(41)28(32,33)34/h2,5-6,9,12-13,17,35-36H,3-4,7-8,10-11,14H2,1H3,(H,37,40,42). The fraction of sp³-hybridized carbons (Fsp3) is 0.393.